The van der Waals surface area contributed by atoms with Crippen LogP contribution in [0.5, 0.6) is 11.5 Å². The third-order valence-electron chi connectivity index (χ3n) is 3.34. The Morgan fingerprint density at radius 3 is 2.67 bits per heavy atom. The molecule has 0 aromatic heterocycles. The van der Waals surface area contributed by atoms with Crippen LogP contribution in [0.1, 0.15) is 12.5 Å². The summed E-state index contributed by atoms with van der Waals surface area (Å²) in [6.07, 6.45) is 6.76. The van der Waals surface area contributed by atoms with E-state index < -0.39 is 5.91 Å². The largest absolute Gasteiger partial charge is 0.490 e. The van der Waals surface area contributed by atoms with Gasteiger partial charge in [0.15, 0.2) is 11.5 Å². The van der Waals surface area contributed by atoms with E-state index in [1.165, 1.54) is 6.08 Å². The molecule has 5 nitrogen and oxygen atoms in total. The van der Waals surface area contributed by atoms with Gasteiger partial charge in [-0.2, -0.15) is 5.26 Å². The second-order valence-corrected chi connectivity index (χ2v) is 6.41. The van der Waals surface area contributed by atoms with Gasteiger partial charge in [0.2, 0.25) is 0 Å². The Kier molecular flexibility index (Phi) is 7.72. The monoisotopic (exact) mass is 472 g/mol. The first-order valence-electron chi connectivity index (χ1n) is 8.09. The van der Waals surface area contributed by atoms with Gasteiger partial charge in [-0.05, 0) is 65.4 Å². The maximum Gasteiger partial charge on any atom is 0.266 e. The zero-order chi connectivity index (χ0) is 19.6. The van der Waals surface area contributed by atoms with Crippen LogP contribution in [-0.4, -0.2) is 19.1 Å². The quantitative estimate of drug-likeness (QED) is 0.283. The topological polar surface area (TPSA) is 71.3 Å². The number of hydrogen-bond donors (Lipinski definition) is 1. The second-order valence-electron chi connectivity index (χ2n) is 5.25. The van der Waals surface area contributed by atoms with E-state index in [-0.39, 0.29) is 12.2 Å². The summed E-state index contributed by atoms with van der Waals surface area (Å²) in [5, 5.41) is 12.1. The van der Waals surface area contributed by atoms with Crippen LogP contribution in [0.25, 0.3) is 6.08 Å². The van der Waals surface area contributed by atoms with Gasteiger partial charge < -0.3 is 14.8 Å². The van der Waals surface area contributed by atoms with Crippen LogP contribution in [-0.2, 0) is 4.79 Å². The van der Waals surface area contributed by atoms with Gasteiger partial charge >= 0.3 is 0 Å². The van der Waals surface area contributed by atoms with Gasteiger partial charge in [0.1, 0.15) is 18.2 Å². The van der Waals surface area contributed by atoms with Crippen molar-refractivity contribution in [1.82, 2.24) is 0 Å². The number of carbonyl (C=O) groups is 1. The van der Waals surface area contributed by atoms with Crippen LogP contribution in [0.2, 0.25) is 0 Å². The Bertz CT molecular complexity index is 925. The number of nitriles is 1. The molecule has 27 heavy (non-hydrogen) atoms. The number of benzene rings is 2. The Morgan fingerprint density at radius 2 is 2.04 bits per heavy atom. The Hall–Kier alpha value is -2.97. The van der Waals surface area contributed by atoms with E-state index in [4.69, 9.17) is 15.9 Å². The predicted octanol–water partition coefficient (Wildman–Crippen LogP) is 4.25. The number of ether oxygens (including phenoxy) is 2. The van der Waals surface area contributed by atoms with Crippen LogP contribution >= 0.6 is 22.6 Å². The Balaban J connectivity index is 2.33. The lowest BCUT2D eigenvalue weighted by atomic mass is 10.1. The number of nitrogens with zero attached hydrogens (tertiary/aromatic N) is 1. The number of nitrogens with one attached hydrogen (secondary N) is 1. The fourth-order valence-electron chi connectivity index (χ4n) is 2.22. The third kappa shape index (κ3) is 5.77. The second kappa shape index (κ2) is 10.2. The van der Waals surface area contributed by atoms with Crippen LogP contribution < -0.4 is 14.8 Å². The number of terminal acetylenes is 1. The highest BCUT2D eigenvalue weighted by Crippen LogP contribution is 2.35. The summed E-state index contributed by atoms with van der Waals surface area (Å²) in [5.41, 5.74) is 1.25. The highest BCUT2D eigenvalue weighted by molar-refractivity contribution is 14.1. The maximum absolute atomic E-state index is 12.4. The molecule has 0 aliphatic rings. The van der Waals surface area contributed by atoms with Crippen molar-refractivity contribution in [3.8, 4) is 29.9 Å². The minimum atomic E-state index is -0.482. The zero-order valence-corrected chi connectivity index (χ0v) is 16.8. The molecule has 0 unspecified atom stereocenters. The fourth-order valence-corrected chi connectivity index (χ4v) is 3.00. The van der Waals surface area contributed by atoms with Crippen molar-refractivity contribution in [2.24, 2.45) is 0 Å². The number of anilines is 1. The molecule has 0 bridgehead atoms. The van der Waals surface area contributed by atoms with E-state index in [2.05, 4.69) is 33.8 Å². The first-order valence-corrected chi connectivity index (χ1v) is 9.17. The molecule has 0 saturated heterocycles. The summed E-state index contributed by atoms with van der Waals surface area (Å²) >= 11 is 2.10. The standard InChI is InChI=1S/C21H17IN2O3/c1-3-10-27-20-18(22)12-15(13-19(20)26-4-2)11-16(14-23)21(25)24-17-8-6-5-7-9-17/h1,5-9,11-13H,4,10H2,2H3,(H,24,25)/b16-11+. The van der Waals surface area contributed by atoms with Crippen molar-refractivity contribution < 1.29 is 14.3 Å². The molecule has 136 valence electrons. The van der Waals surface area contributed by atoms with Gasteiger partial charge in [0.25, 0.3) is 5.91 Å². The van der Waals surface area contributed by atoms with Gasteiger partial charge in [-0.3, -0.25) is 4.79 Å². The average molecular weight is 472 g/mol. The van der Waals surface area contributed by atoms with Crippen molar-refractivity contribution in [3.05, 3.63) is 57.2 Å². The Morgan fingerprint density at radius 1 is 1.30 bits per heavy atom. The summed E-state index contributed by atoms with van der Waals surface area (Å²) in [6, 6.07) is 14.4. The van der Waals surface area contributed by atoms with Crippen molar-refractivity contribution in [2.45, 2.75) is 6.92 Å². The molecule has 1 amide bonds. The lowest BCUT2D eigenvalue weighted by Gasteiger charge is -2.13. The predicted molar refractivity (Wildman–Crippen MR) is 113 cm³/mol. The van der Waals surface area contributed by atoms with Crippen molar-refractivity contribution in [3.63, 3.8) is 0 Å². The number of carbonyl (C=O) groups excluding carboxylic acids is 1. The molecule has 0 aliphatic carbocycles. The molecule has 1 N–H and O–H groups in total. The van der Waals surface area contributed by atoms with Crippen molar-refractivity contribution >= 4 is 40.3 Å². The molecule has 2 rings (SSSR count). The normalized spacial score (nSPS) is 10.4. The summed E-state index contributed by atoms with van der Waals surface area (Å²) in [5.74, 6) is 2.98. The van der Waals surface area contributed by atoms with Gasteiger partial charge in [-0.25, -0.2) is 0 Å². The lowest BCUT2D eigenvalue weighted by molar-refractivity contribution is -0.112. The summed E-state index contributed by atoms with van der Waals surface area (Å²) in [7, 11) is 0. The molecule has 0 saturated carbocycles. The average Bonchev–Trinajstić information content (AvgIpc) is 2.66. The molecule has 0 radical (unpaired) electrons. The highest BCUT2D eigenvalue weighted by atomic mass is 127. The van der Waals surface area contributed by atoms with E-state index in [0.717, 1.165) is 3.57 Å². The summed E-state index contributed by atoms with van der Waals surface area (Å²) < 4.78 is 11.9. The number of hydrogen-bond acceptors (Lipinski definition) is 4. The smallest absolute Gasteiger partial charge is 0.266 e. The Labute approximate surface area is 172 Å². The van der Waals surface area contributed by atoms with E-state index in [0.29, 0.717) is 29.4 Å². The van der Waals surface area contributed by atoms with Crippen molar-refractivity contribution in [1.29, 1.82) is 5.26 Å². The van der Waals surface area contributed by atoms with Crippen LogP contribution in [0.3, 0.4) is 0 Å². The molecular formula is C21H17IN2O3. The molecule has 0 aliphatic heterocycles. The number of rotatable bonds is 7. The first-order chi connectivity index (χ1) is 13.1. The minimum absolute atomic E-state index is 0.0191. The number of para-hydroxylation sites is 1. The van der Waals surface area contributed by atoms with E-state index in [9.17, 15) is 10.1 Å². The molecule has 0 spiro atoms. The van der Waals surface area contributed by atoms with Crippen LogP contribution in [0, 0.1) is 27.2 Å². The van der Waals surface area contributed by atoms with E-state index >= 15 is 0 Å². The van der Waals surface area contributed by atoms with Gasteiger partial charge in [0, 0.05) is 5.69 Å². The lowest BCUT2D eigenvalue weighted by Crippen LogP contribution is -2.13. The van der Waals surface area contributed by atoms with Gasteiger partial charge in [0.05, 0.1) is 10.2 Å². The molecular weight excluding hydrogens is 455 g/mol. The van der Waals surface area contributed by atoms with Gasteiger partial charge in [-0.15, -0.1) is 6.42 Å². The number of amides is 1. The molecule has 0 heterocycles. The third-order valence-corrected chi connectivity index (χ3v) is 4.14. The SMILES string of the molecule is C#CCOc1c(I)cc(/C=C(\C#N)C(=O)Nc2ccccc2)cc1OCC. The maximum atomic E-state index is 12.4. The van der Waals surface area contributed by atoms with E-state index in [1.807, 2.05) is 19.1 Å². The number of halogens is 1. The van der Waals surface area contributed by atoms with Crippen LogP contribution in [0.15, 0.2) is 48.0 Å². The van der Waals surface area contributed by atoms with Crippen molar-refractivity contribution in [2.75, 3.05) is 18.5 Å². The molecule has 2 aromatic carbocycles. The molecule has 0 atom stereocenters. The zero-order valence-electron chi connectivity index (χ0n) is 14.7. The van der Waals surface area contributed by atoms with Gasteiger partial charge in [-0.1, -0.05) is 24.1 Å². The van der Waals surface area contributed by atoms with Crippen LogP contribution in [0.4, 0.5) is 5.69 Å². The minimum Gasteiger partial charge on any atom is -0.490 e. The highest BCUT2D eigenvalue weighted by Gasteiger charge is 2.14. The molecule has 2 aromatic rings. The first kappa shape index (κ1) is 20.3. The molecule has 0 fully saturated rings. The van der Waals surface area contributed by atoms with E-state index in [1.54, 1.807) is 36.4 Å². The molecule has 6 heteroatoms. The summed E-state index contributed by atoms with van der Waals surface area (Å²) in [6.45, 7) is 2.41. The fraction of sp³-hybridized carbons (Fsp3) is 0.143. The summed E-state index contributed by atoms with van der Waals surface area (Å²) in [4.78, 5) is 12.4.